The highest BCUT2D eigenvalue weighted by Gasteiger charge is 2.26. The van der Waals surface area contributed by atoms with Gasteiger partial charge in [-0.3, -0.25) is 0 Å². The first-order valence-corrected chi connectivity index (χ1v) is 6.04. The fraction of sp³-hybridized carbons (Fsp3) is 0.538. The predicted molar refractivity (Wildman–Crippen MR) is 65.5 cm³/mol. The van der Waals surface area contributed by atoms with Gasteiger partial charge in [0.15, 0.2) is 0 Å². The van der Waals surface area contributed by atoms with Gasteiger partial charge in [-0.05, 0) is 44.4 Å². The number of benzene rings is 1. The van der Waals surface area contributed by atoms with E-state index in [2.05, 4.69) is 30.9 Å². The van der Waals surface area contributed by atoms with Gasteiger partial charge in [-0.2, -0.15) is 0 Å². The summed E-state index contributed by atoms with van der Waals surface area (Å²) in [5.74, 6) is 0.626. The molecule has 0 bridgehead atoms. The maximum atomic E-state index is 6.21. The predicted octanol–water partition coefficient (Wildman–Crippen LogP) is 3.54. The Morgan fingerprint density at radius 1 is 1.33 bits per heavy atom. The number of nitrogens with zero attached hydrogens (tertiary/aromatic N) is 1. The number of hydrogen-bond acceptors (Lipinski definition) is 1. The van der Waals surface area contributed by atoms with E-state index in [0.29, 0.717) is 12.0 Å². The van der Waals surface area contributed by atoms with Gasteiger partial charge in [-0.15, -0.1) is 0 Å². The van der Waals surface area contributed by atoms with Crippen LogP contribution in [-0.2, 0) is 0 Å². The van der Waals surface area contributed by atoms with Crippen molar-refractivity contribution in [1.29, 1.82) is 0 Å². The number of likely N-dealkylation sites (tertiary alicyclic amines) is 1. The first-order chi connectivity index (χ1) is 7.18. The Morgan fingerprint density at radius 3 is 2.67 bits per heavy atom. The van der Waals surface area contributed by atoms with Crippen molar-refractivity contribution in [2.45, 2.75) is 32.2 Å². The Kier molecular flexibility index (Phi) is 3.32. The van der Waals surface area contributed by atoms with Crippen LogP contribution in [0.1, 0.15) is 31.7 Å². The summed E-state index contributed by atoms with van der Waals surface area (Å²) in [4.78, 5) is 2.52. The second-order valence-corrected chi connectivity index (χ2v) is 5.00. The van der Waals surface area contributed by atoms with Gasteiger partial charge in [0.05, 0.1) is 0 Å². The molecule has 1 atom stereocenters. The van der Waals surface area contributed by atoms with Crippen molar-refractivity contribution in [1.82, 2.24) is 4.90 Å². The third-order valence-corrected chi connectivity index (χ3v) is 3.64. The molecule has 0 aliphatic carbocycles. The van der Waals surface area contributed by atoms with Gasteiger partial charge in [-0.25, -0.2) is 0 Å². The van der Waals surface area contributed by atoms with Crippen LogP contribution in [0.2, 0.25) is 5.02 Å². The zero-order chi connectivity index (χ0) is 10.8. The van der Waals surface area contributed by atoms with Crippen molar-refractivity contribution in [3.63, 3.8) is 0 Å². The third kappa shape index (κ3) is 2.35. The van der Waals surface area contributed by atoms with Crippen molar-refractivity contribution in [3.8, 4) is 0 Å². The molecule has 1 saturated heterocycles. The quantitative estimate of drug-likeness (QED) is 0.742. The minimum absolute atomic E-state index is 0.626. The first kappa shape index (κ1) is 11.0. The van der Waals surface area contributed by atoms with Crippen LogP contribution in [0.15, 0.2) is 24.3 Å². The van der Waals surface area contributed by atoms with E-state index in [9.17, 15) is 0 Å². The third-order valence-electron chi connectivity index (χ3n) is 3.30. The Labute approximate surface area is 97.0 Å². The largest absolute Gasteiger partial charge is 0.300 e. The molecule has 0 aromatic heterocycles. The van der Waals surface area contributed by atoms with E-state index in [4.69, 9.17) is 11.6 Å². The minimum atomic E-state index is 0.626. The molecular weight excluding hydrogens is 206 g/mol. The lowest BCUT2D eigenvalue weighted by atomic mass is 9.98. The van der Waals surface area contributed by atoms with Gasteiger partial charge in [0.1, 0.15) is 0 Å². The summed E-state index contributed by atoms with van der Waals surface area (Å²) in [5.41, 5.74) is 1.32. The van der Waals surface area contributed by atoms with E-state index in [0.717, 1.165) is 11.6 Å². The van der Waals surface area contributed by atoms with Crippen LogP contribution in [0.25, 0.3) is 0 Å². The molecule has 1 heterocycles. The first-order valence-electron chi connectivity index (χ1n) is 5.67. The molecule has 1 aromatic carbocycles. The van der Waals surface area contributed by atoms with Crippen molar-refractivity contribution in [3.05, 3.63) is 34.9 Å². The lowest BCUT2D eigenvalue weighted by molar-refractivity contribution is 0.272. The highest BCUT2D eigenvalue weighted by Crippen LogP contribution is 2.32. The standard InChI is InChI=1S/C13H18ClN/c1-10(2)15-8-7-11(9-15)12-5-3-4-6-13(12)14/h3-6,10-11H,7-9H2,1-2H3. The Balaban J connectivity index is 2.11. The number of hydrogen-bond donors (Lipinski definition) is 0. The molecular formula is C13H18ClN. The van der Waals surface area contributed by atoms with Crippen molar-refractivity contribution < 1.29 is 0 Å². The van der Waals surface area contributed by atoms with E-state index < -0.39 is 0 Å². The maximum absolute atomic E-state index is 6.21. The van der Waals surface area contributed by atoms with Gasteiger partial charge in [-0.1, -0.05) is 29.8 Å². The van der Waals surface area contributed by atoms with Crippen molar-refractivity contribution in [2.24, 2.45) is 0 Å². The summed E-state index contributed by atoms with van der Waals surface area (Å²) in [6, 6.07) is 8.89. The van der Waals surface area contributed by atoms with E-state index in [1.54, 1.807) is 0 Å². The Bertz CT molecular complexity index is 335. The van der Waals surface area contributed by atoms with Gasteiger partial charge in [0, 0.05) is 17.6 Å². The number of rotatable bonds is 2. The monoisotopic (exact) mass is 223 g/mol. The molecule has 1 aliphatic heterocycles. The van der Waals surface area contributed by atoms with Crippen LogP contribution in [0, 0.1) is 0 Å². The maximum Gasteiger partial charge on any atom is 0.0441 e. The smallest absolute Gasteiger partial charge is 0.0441 e. The lowest BCUT2D eigenvalue weighted by Crippen LogP contribution is -2.27. The van der Waals surface area contributed by atoms with Gasteiger partial charge in [0.2, 0.25) is 0 Å². The second-order valence-electron chi connectivity index (χ2n) is 4.60. The lowest BCUT2D eigenvalue weighted by Gasteiger charge is -2.20. The molecule has 1 nitrogen and oxygen atoms in total. The van der Waals surface area contributed by atoms with Gasteiger partial charge < -0.3 is 4.90 Å². The molecule has 2 heteroatoms. The van der Waals surface area contributed by atoms with Gasteiger partial charge in [0.25, 0.3) is 0 Å². The van der Waals surface area contributed by atoms with E-state index in [-0.39, 0.29) is 0 Å². The zero-order valence-electron chi connectivity index (χ0n) is 9.41. The molecule has 2 rings (SSSR count). The van der Waals surface area contributed by atoms with Crippen LogP contribution in [0.4, 0.5) is 0 Å². The summed E-state index contributed by atoms with van der Waals surface area (Å²) in [6.45, 7) is 6.87. The van der Waals surface area contributed by atoms with Gasteiger partial charge >= 0.3 is 0 Å². The highest BCUT2D eigenvalue weighted by atomic mass is 35.5. The molecule has 0 N–H and O–H groups in total. The molecule has 0 saturated carbocycles. The average molecular weight is 224 g/mol. The summed E-state index contributed by atoms with van der Waals surface area (Å²) >= 11 is 6.21. The van der Waals surface area contributed by atoms with Crippen LogP contribution in [0.5, 0.6) is 0 Å². The minimum Gasteiger partial charge on any atom is -0.300 e. The SMILES string of the molecule is CC(C)N1CCC(c2ccccc2Cl)C1. The van der Waals surface area contributed by atoms with Crippen LogP contribution >= 0.6 is 11.6 Å². The van der Waals surface area contributed by atoms with Crippen molar-refractivity contribution >= 4 is 11.6 Å². The average Bonchev–Trinajstić information content (AvgIpc) is 2.67. The molecule has 0 radical (unpaired) electrons. The Hall–Kier alpha value is -0.530. The summed E-state index contributed by atoms with van der Waals surface area (Å²) in [7, 11) is 0. The molecule has 1 fully saturated rings. The molecule has 82 valence electrons. The zero-order valence-corrected chi connectivity index (χ0v) is 10.2. The van der Waals surface area contributed by atoms with Crippen LogP contribution in [-0.4, -0.2) is 24.0 Å². The summed E-state index contributed by atoms with van der Waals surface area (Å²) in [5, 5.41) is 0.924. The number of halogens is 1. The molecule has 1 aromatic rings. The Morgan fingerprint density at radius 2 is 2.07 bits per heavy atom. The molecule has 1 unspecified atom stereocenters. The molecule has 15 heavy (non-hydrogen) atoms. The molecule has 1 aliphatic rings. The molecule has 0 amide bonds. The summed E-state index contributed by atoms with van der Waals surface area (Å²) in [6.07, 6.45) is 1.24. The second kappa shape index (κ2) is 4.54. The molecule has 0 spiro atoms. The van der Waals surface area contributed by atoms with E-state index in [1.807, 2.05) is 12.1 Å². The van der Waals surface area contributed by atoms with E-state index >= 15 is 0 Å². The van der Waals surface area contributed by atoms with Crippen LogP contribution in [0.3, 0.4) is 0 Å². The fourth-order valence-electron chi connectivity index (χ4n) is 2.32. The van der Waals surface area contributed by atoms with Crippen LogP contribution < -0.4 is 0 Å². The highest BCUT2D eigenvalue weighted by molar-refractivity contribution is 6.31. The van der Waals surface area contributed by atoms with E-state index in [1.165, 1.54) is 18.5 Å². The fourth-order valence-corrected chi connectivity index (χ4v) is 2.61. The normalized spacial score (nSPS) is 22.5. The summed E-state index contributed by atoms with van der Waals surface area (Å²) < 4.78 is 0. The topological polar surface area (TPSA) is 3.24 Å². The van der Waals surface area contributed by atoms with Crippen molar-refractivity contribution in [2.75, 3.05) is 13.1 Å².